The maximum absolute atomic E-state index is 5.23. The van der Waals surface area contributed by atoms with Gasteiger partial charge in [-0.2, -0.15) is 0 Å². The summed E-state index contributed by atoms with van der Waals surface area (Å²) in [4.78, 5) is 0. The summed E-state index contributed by atoms with van der Waals surface area (Å²) in [5.74, 6) is 1.77. The Balaban J connectivity index is 1.95. The van der Waals surface area contributed by atoms with Gasteiger partial charge in [-0.15, -0.1) is 0 Å². The summed E-state index contributed by atoms with van der Waals surface area (Å²) in [7, 11) is 3.37. The third-order valence-electron chi connectivity index (χ3n) is 3.36. The number of nitrogens with one attached hydrogen (secondary N) is 1. The quantitative estimate of drug-likeness (QED) is 0.871. The van der Waals surface area contributed by atoms with Crippen LogP contribution in [-0.2, 0) is 6.54 Å². The van der Waals surface area contributed by atoms with Crippen molar-refractivity contribution in [2.45, 2.75) is 19.5 Å². The van der Waals surface area contributed by atoms with Crippen molar-refractivity contribution >= 4 is 0 Å². The SMILES string of the molecule is COc1ccc([C@@H](C)NCc2cccc(OC)c2)cc1. The standard InChI is InChI=1S/C17H21NO2/c1-13(15-7-9-16(19-2)10-8-15)18-12-14-5-4-6-17(11-14)20-3/h4-11,13,18H,12H2,1-3H3/t13-/m1/s1. The molecule has 1 atom stereocenters. The van der Waals surface area contributed by atoms with Crippen molar-refractivity contribution in [2.24, 2.45) is 0 Å². The first-order valence-corrected chi connectivity index (χ1v) is 6.73. The van der Waals surface area contributed by atoms with E-state index in [2.05, 4.69) is 30.4 Å². The van der Waals surface area contributed by atoms with Crippen LogP contribution in [0.5, 0.6) is 11.5 Å². The Morgan fingerprint density at radius 1 is 0.950 bits per heavy atom. The maximum atomic E-state index is 5.23. The molecule has 3 heteroatoms. The van der Waals surface area contributed by atoms with E-state index in [4.69, 9.17) is 9.47 Å². The van der Waals surface area contributed by atoms with Crippen LogP contribution >= 0.6 is 0 Å². The van der Waals surface area contributed by atoms with Gasteiger partial charge in [-0.1, -0.05) is 24.3 Å². The van der Waals surface area contributed by atoms with Gasteiger partial charge >= 0.3 is 0 Å². The largest absolute Gasteiger partial charge is 0.497 e. The van der Waals surface area contributed by atoms with E-state index in [9.17, 15) is 0 Å². The molecule has 106 valence electrons. The van der Waals surface area contributed by atoms with E-state index in [1.807, 2.05) is 30.3 Å². The average Bonchev–Trinajstić information content (AvgIpc) is 2.53. The van der Waals surface area contributed by atoms with Gasteiger partial charge in [0.25, 0.3) is 0 Å². The molecule has 0 fully saturated rings. The predicted molar refractivity (Wildman–Crippen MR) is 81.2 cm³/mol. The van der Waals surface area contributed by atoms with Crippen LogP contribution in [0.1, 0.15) is 24.1 Å². The summed E-state index contributed by atoms with van der Waals surface area (Å²) in [6.07, 6.45) is 0. The van der Waals surface area contributed by atoms with Gasteiger partial charge in [-0.05, 0) is 42.3 Å². The fourth-order valence-corrected chi connectivity index (χ4v) is 2.06. The second kappa shape index (κ2) is 6.96. The monoisotopic (exact) mass is 271 g/mol. The van der Waals surface area contributed by atoms with Crippen LogP contribution in [0.3, 0.4) is 0 Å². The molecular weight excluding hydrogens is 250 g/mol. The predicted octanol–water partition coefficient (Wildman–Crippen LogP) is 3.55. The minimum Gasteiger partial charge on any atom is -0.497 e. The van der Waals surface area contributed by atoms with E-state index in [1.54, 1.807) is 14.2 Å². The van der Waals surface area contributed by atoms with E-state index < -0.39 is 0 Å². The molecule has 0 bridgehead atoms. The van der Waals surface area contributed by atoms with Gasteiger partial charge in [-0.3, -0.25) is 0 Å². The molecule has 2 rings (SSSR count). The molecule has 0 radical (unpaired) electrons. The molecule has 0 saturated carbocycles. The normalized spacial score (nSPS) is 11.9. The lowest BCUT2D eigenvalue weighted by Crippen LogP contribution is -2.18. The van der Waals surface area contributed by atoms with Crippen molar-refractivity contribution in [3.05, 3.63) is 59.7 Å². The van der Waals surface area contributed by atoms with Gasteiger partial charge in [-0.25, -0.2) is 0 Å². The van der Waals surface area contributed by atoms with Gasteiger partial charge in [0, 0.05) is 12.6 Å². The second-order valence-corrected chi connectivity index (χ2v) is 4.73. The van der Waals surface area contributed by atoms with E-state index in [-0.39, 0.29) is 6.04 Å². The number of hydrogen-bond donors (Lipinski definition) is 1. The fourth-order valence-electron chi connectivity index (χ4n) is 2.06. The van der Waals surface area contributed by atoms with Crippen LogP contribution in [0.2, 0.25) is 0 Å². The molecule has 0 saturated heterocycles. The molecule has 0 spiro atoms. The molecule has 2 aromatic rings. The van der Waals surface area contributed by atoms with Crippen molar-refractivity contribution in [1.82, 2.24) is 5.32 Å². The summed E-state index contributed by atoms with van der Waals surface area (Å²) in [6, 6.07) is 16.5. The van der Waals surface area contributed by atoms with Crippen molar-refractivity contribution in [1.29, 1.82) is 0 Å². The fraction of sp³-hybridized carbons (Fsp3) is 0.294. The van der Waals surface area contributed by atoms with E-state index >= 15 is 0 Å². The molecule has 0 heterocycles. The van der Waals surface area contributed by atoms with Gasteiger partial charge in [0.1, 0.15) is 11.5 Å². The molecule has 0 unspecified atom stereocenters. The van der Waals surface area contributed by atoms with Crippen molar-refractivity contribution < 1.29 is 9.47 Å². The number of rotatable bonds is 6. The second-order valence-electron chi connectivity index (χ2n) is 4.73. The third-order valence-corrected chi connectivity index (χ3v) is 3.36. The topological polar surface area (TPSA) is 30.5 Å². The Morgan fingerprint density at radius 3 is 2.30 bits per heavy atom. The van der Waals surface area contributed by atoms with Crippen LogP contribution in [0, 0.1) is 0 Å². The van der Waals surface area contributed by atoms with Gasteiger partial charge in [0.2, 0.25) is 0 Å². The molecule has 0 amide bonds. The summed E-state index contributed by atoms with van der Waals surface area (Å²) in [5, 5.41) is 3.51. The molecule has 2 aromatic carbocycles. The molecule has 0 aromatic heterocycles. The average molecular weight is 271 g/mol. The van der Waals surface area contributed by atoms with Crippen LogP contribution in [0.15, 0.2) is 48.5 Å². The minimum atomic E-state index is 0.284. The maximum Gasteiger partial charge on any atom is 0.119 e. The number of benzene rings is 2. The molecule has 0 aliphatic heterocycles. The Hall–Kier alpha value is -2.00. The Kier molecular flexibility index (Phi) is 5.02. The molecule has 3 nitrogen and oxygen atoms in total. The highest BCUT2D eigenvalue weighted by Crippen LogP contribution is 2.18. The van der Waals surface area contributed by atoms with Gasteiger partial charge in [0.05, 0.1) is 14.2 Å². The first-order chi connectivity index (χ1) is 9.72. The van der Waals surface area contributed by atoms with Gasteiger partial charge in [0.15, 0.2) is 0 Å². The summed E-state index contributed by atoms with van der Waals surface area (Å²) in [6.45, 7) is 2.96. The lowest BCUT2D eigenvalue weighted by Gasteiger charge is -2.15. The van der Waals surface area contributed by atoms with Crippen molar-refractivity contribution in [3.8, 4) is 11.5 Å². The first-order valence-electron chi connectivity index (χ1n) is 6.73. The Morgan fingerprint density at radius 2 is 1.65 bits per heavy atom. The summed E-state index contributed by atoms with van der Waals surface area (Å²) in [5.41, 5.74) is 2.46. The number of methoxy groups -OCH3 is 2. The van der Waals surface area contributed by atoms with Crippen molar-refractivity contribution in [2.75, 3.05) is 14.2 Å². The Bertz CT molecular complexity index is 537. The van der Waals surface area contributed by atoms with E-state index in [0.29, 0.717) is 0 Å². The minimum absolute atomic E-state index is 0.284. The zero-order valence-electron chi connectivity index (χ0n) is 12.2. The van der Waals surface area contributed by atoms with Crippen LogP contribution < -0.4 is 14.8 Å². The smallest absolute Gasteiger partial charge is 0.119 e. The van der Waals surface area contributed by atoms with Crippen LogP contribution in [0.4, 0.5) is 0 Å². The lowest BCUT2D eigenvalue weighted by molar-refractivity contribution is 0.413. The molecule has 1 N–H and O–H groups in total. The van der Waals surface area contributed by atoms with E-state index in [0.717, 1.165) is 18.0 Å². The zero-order valence-corrected chi connectivity index (χ0v) is 12.2. The first kappa shape index (κ1) is 14.4. The molecule has 0 aliphatic carbocycles. The van der Waals surface area contributed by atoms with Crippen LogP contribution in [0.25, 0.3) is 0 Å². The molecular formula is C17H21NO2. The summed E-state index contributed by atoms with van der Waals surface area (Å²) >= 11 is 0. The zero-order chi connectivity index (χ0) is 14.4. The third kappa shape index (κ3) is 3.75. The highest BCUT2D eigenvalue weighted by Gasteiger charge is 2.05. The number of hydrogen-bond acceptors (Lipinski definition) is 3. The van der Waals surface area contributed by atoms with Crippen molar-refractivity contribution in [3.63, 3.8) is 0 Å². The molecule has 20 heavy (non-hydrogen) atoms. The number of ether oxygens (including phenoxy) is 2. The highest BCUT2D eigenvalue weighted by molar-refractivity contribution is 5.30. The Labute approximate surface area is 120 Å². The van der Waals surface area contributed by atoms with Crippen LogP contribution in [-0.4, -0.2) is 14.2 Å². The highest BCUT2D eigenvalue weighted by atomic mass is 16.5. The van der Waals surface area contributed by atoms with Gasteiger partial charge < -0.3 is 14.8 Å². The molecule has 0 aliphatic rings. The summed E-state index contributed by atoms with van der Waals surface area (Å²) < 4.78 is 10.4. The lowest BCUT2D eigenvalue weighted by atomic mass is 10.1. The van der Waals surface area contributed by atoms with E-state index in [1.165, 1.54) is 11.1 Å².